The highest BCUT2D eigenvalue weighted by atomic mass is 35.5. The normalized spacial score (nSPS) is 14.0. The van der Waals surface area contributed by atoms with Crippen molar-refractivity contribution in [1.29, 1.82) is 0 Å². The molecule has 1 aliphatic heterocycles. The first-order valence-corrected chi connectivity index (χ1v) is 14.9. The van der Waals surface area contributed by atoms with Gasteiger partial charge in [0.05, 0.1) is 84.9 Å². The number of para-hydroxylation sites is 1. The van der Waals surface area contributed by atoms with Gasteiger partial charge in [-0.15, -0.1) is 0 Å². The van der Waals surface area contributed by atoms with Crippen molar-refractivity contribution in [2.75, 3.05) is 4.90 Å². The Morgan fingerprint density at radius 1 is 0.619 bits per heavy atom. The molecule has 0 bridgehead atoms. The van der Waals surface area contributed by atoms with Crippen molar-refractivity contribution in [3.8, 4) is 0 Å². The number of aliphatic hydroxyl groups is 1. The van der Waals surface area contributed by atoms with E-state index in [1.165, 1.54) is 12.1 Å². The molecule has 0 radical (unpaired) electrons. The van der Waals surface area contributed by atoms with Gasteiger partial charge in [-0.2, -0.15) is 0 Å². The van der Waals surface area contributed by atoms with Gasteiger partial charge in [-0.05, 0) is 12.1 Å². The minimum atomic E-state index is -0.806. The molecule has 0 spiro atoms. The molecule has 3 aromatic carbocycles. The molecule has 0 saturated carbocycles. The zero-order chi connectivity index (χ0) is 30.9. The number of carbonyl (C=O) groups is 3. The SMILES string of the molecule is CC.O=C1C(c2ccc3cccc(N4C(=O)c5c(Cl)c(Cl)c(Cl)c(Cl)c5C4=O)c3n2)=C(O)c2c(Cl)c(Cl)c(Cl)c(Cl)c21. The van der Waals surface area contributed by atoms with Crippen molar-refractivity contribution in [3.63, 3.8) is 0 Å². The summed E-state index contributed by atoms with van der Waals surface area (Å²) in [5, 5.41) is 10.1. The van der Waals surface area contributed by atoms with Gasteiger partial charge in [-0.1, -0.05) is 125 Å². The van der Waals surface area contributed by atoms with E-state index in [-0.39, 0.29) is 84.9 Å². The zero-order valence-corrected chi connectivity index (χ0v) is 27.0. The van der Waals surface area contributed by atoms with E-state index in [1.807, 2.05) is 13.8 Å². The van der Waals surface area contributed by atoms with Crippen LogP contribution in [0.3, 0.4) is 0 Å². The molecule has 0 unspecified atom stereocenters. The number of pyridine rings is 1. The van der Waals surface area contributed by atoms with E-state index in [9.17, 15) is 19.5 Å². The number of hydrogen-bond donors (Lipinski definition) is 1. The summed E-state index contributed by atoms with van der Waals surface area (Å²) in [5.41, 5.74) is -0.695. The lowest BCUT2D eigenvalue weighted by atomic mass is 10.0. The first-order chi connectivity index (χ1) is 19.9. The van der Waals surface area contributed by atoms with Gasteiger partial charge in [-0.3, -0.25) is 14.4 Å². The second kappa shape index (κ2) is 11.3. The van der Waals surface area contributed by atoms with E-state index in [2.05, 4.69) is 4.98 Å². The van der Waals surface area contributed by atoms with E-state index in [4.69, 9.17) is 92.8 Å². The van der Waals surface area contributed by atoms with Crippen molar-refractivity contribution >= 4 is 138 Å². The number of Topliss-reactive ketones (excluding diaryl/α,β-unsaturated/α-hetero) is 1. The number of allylic oxidation sites excluding steroid dienone is 1. The van der Waals surface area contributed by atoms with Gasteiger partial charge < -0.3 is 5.11 Å². The highest BCUT2D eigenvalue weighted by molar-refractivity contribution is 6.58. The van der Waals surface area contributed by atoms with Gasteiger partial charge in [0.15, 0.2) is 0 Å². The first kappa shape index (κ1) is 31.2. The third-order valence-electron chi connectivity index (χ3n) is 6.49. The van der Waals surface area contributed by atoms with Crippen LogP contribution < -0.4 is 4.90 Å². The summed E-state index contributed by atoms with van der Waals surface area (Å²) in [6, 6.07) is 7.81. The molecule has 6 nitrogen and oxygen atoms in total. The minimum absolute atomic E-state index is 0.00297. The zero-order valence-electron chi connectivity index (χ0n) is 21.0. The van der Waals surface area contributed by atoms with Crippen LogP contribution in [0.2, 0.25) is 40.2 Å². The average molecular weight is 724 g/mol. The first-order valence-electron chi connectivity index (χ1n) is 11.9. The summed E-state index contributed by atoms with van der Waals surface area (Å²) in [4.78, 5) is 45.8. The summed E-state index contributed by atoms with van der Waals surface area (Å²) >= 11 is 49.7. The quantitative estimate of drug-likeness (QED) is 0.126. The van der Waals surface area contributed by atoms with Crippen LogP contribution >= 0.6 is 92.8 Å². The van der Waals surface area contributed by atoms with Crippen LogP contribution in [-0.2, 0) is 0 Å². The number of hydrogen-bond acceptors (Lipinski definition) is 5. The van der Waals surface area contributed by atoms with Gasteiger partial charge in [0.1, 0.15) is 5.76 Å². The van der Waals surface area contributed by atoms with E-state index in [0.717, 1.165) is 4.90 Å². The van der Waals surface area contributed by atoms with Gasteiger partial charge in [0.2, 0.25) is 5.78 Å². The number of carbonyl (C=O) groups excluding carboxylic acids is 3. The Kier molecular flexibility index (Phi) is 8.42. The summed E-state index contributed by atoms with van der Waals surface area (Å²) < 4.78 is 0. The van der Waals surface area contributed by atoms with E-state index >= 15 is 0 Å². The number of halogens is 8. The van der Waals surface area contributed by atoms with Gasteiger partial charge in [-0.25, -0.2) is 9.88 Å². The topological polar surface area (TPSA) is 87.6 Å². The number of nitrogens with zero attached hydrogens (tertiary/aromatic N) is 2. The Bertz CT molecular complexity index is 1930. The smallest absolute Gasteiger partial charge is 0.267 e. The standard InChI is InChI=1S/C26H6Cl8N2O4.C2H6/c27-14-10-11(15(28)19(32)18(14)31)24(38)9(23(10)37)7-5-4-6-2-1-3-8(22(6)35-7)36-25(39)12-13(26(36)40)17(30)21(34)20(33)16(12)29;1-2/h1-5,37H;1-2H3. The molecule has 214 valence electrons. The molecule has 0 fully saturated rings. The van der Waals surface area contributed by atoms with Gasteiger partial charge >= 0.3 is 0 Å². The maximum Gasteiger partial charge on any atom is 0.267 e. The lowest BCUT2D eigenvalue weighted by Crippen LogP contribution is -2.29. The lowest BCUT2D eigenvalue weighted by Gasteiger charge is -2.16. The van der Waals surface area contributed by atoms with E-state index in [1.54, 1.807) is 18.2 Å². The Morgan fingerprint density at radius 3 is 1.62 bits per heavy atom. The van der Waals surface area contributed by atoms with Crippen molar-refractivity contribution in [2.45, 2.75) is 13.8 Å². The number of fused-ring (bicyclic) bond motifs is 3. The fourth-order valence-electron chi connectivity index (χ4n) is 4.68. The molecule has 0 atom stereocenters. The molecular weight excluding hydrogens is 712 g/mol. The lowest BCUT2D eigenvalue weighted by molar-refractivity contribution is 0.0925. The number of aromatic nitrogens is 1. The molecule has 14 heteroatoms. The van der Waals surface area contributed by atoms with Crippen molar-refractivity contribution < 1.29 is 19.5 Å². The van der Waals surface area contributed by atoms with Crippen LogP contribution in [0.15, 0.2) is 30.3 Å². The number of imide groups is 1. The molecule has 2 aliphatic rings. The molecule has 42 heavy (non-hydrogen) atoms. The van der Waals surface area contributed by atoms with Crippen LogP contribution in [-0.4, -0.2) is 27.7 Å². The number of benzene rings is 3. The summed E-state index contributed by atoms with van der Waals surface area (Å²) in [6.45, 7) is 4.00. The Labute approximate surface area is 278 Å². The van der Waals surface area contributed by atoms with Gasteiger partial charge in [0, 0.05) is 5.39 Å². The molecule has 1 aromatic heterocycles. The van der Waals surface area contributed by atoms with Crippen LogP contribution in [0.5, 0.6) is 0 Å². The van der Waals surface area contributed by atoms with Crippen LogP contribution in [0.4, 0.5) is 5.69 Å². The maximum atomic E-state index is 13.5. The highest BCUT2D eigenvalue weighted by Crippen LogP contribution is 2.50. The monoisotopic (exact) mass is 720 g/mol. The Balaban J connectivity index is 0.00000173. The fourth-order valence-corrected chi connectivity index (χ4v) is 6.72. The van der Waals surface area contributed by atoms with Crippen LogP contribution in [0.25, 0.3) is 22.2 Å². The molecule has 2 amide bonds. The van der Waals surface area contributed by atoms with E-state index in [0.29, 0.717) is 5.39 Å². The number of rotatable bonds is 2. The Hall–Kier alpha value is -2.26. The highest BCUT2D eigenvalue weighted by Gasteiger charge is 2.43. The predicted octanol–water partition coefficient (Wildman–Crippen LogP) is 10.9. The average Bonchev–Trinajstić information content (AvgIpc) is 3.41. The molecular formula is C28H12Cl8N2O4. The van der Waals surface area contributed by atoms with Crippen molar-refractivity contribution in [1.82, 2.24) is 4.98 Å². The summed E-state index contributed by atoms with van der Waals surface area (Å²) in [5.74, 6) is -2.83. The molecule has 1 N–H and O–H groups in total. The maximum absolute atomic E-state index is 13.5. The second-order valence-electron chi connectivity index (χ2n) is 8.56. The second-order valence-corrected chi connectivity index (χ2v) is 11.6. The molecule has 2 heterocycles. The number of ketones is 1. The number of aliphatic hydroxyl groups excluding tert-OH is 1. The summed E-state index contributed by atoms with van der Waals surface area (Å²) in [7, 11) is 0. The van der Waals surface area contributed by atoms with Crippen LogP contribution in [0.1, 0.15) is 56.2 Å². The third-order valence-corrected chi connectivity index (χ3v) is 10.1. The van der Waals surface area contributed by atoms with Crippen molar-refractivity contribution in [2.24, 2.45) is 0 Å². The van der Waals surface area contributed by atoms with Crippen LogP contribution in [0, 0.1) is 0 Å². The van der Waals surface area contributed by atoms with E-state index < -0.39 is 23.4 Å². The predicted molar refractivity (Wildman–Crippen MR) is 171 cm³/mol. The summed E-state index contributed by atoms with van der Waals surface area (Å²) in [6.07, 6.45) is 0. The molecule has 1 aliphatic carbocycles. The fraction of sp³-hybridized carbons (Fsp3) is 0.0714. The molecule has 4 aromatic rings. The Morgan fingerprint density at radius 2 is 1.10 bits per heavy atom. The largest absolute Gasteiger partial charge is 0.506 e. The minimum Gasteiger partial charge on any atom is -0.506 e. The number of anilines is 1. The van der Waals surface area contributed by atoms with Gasteiger partial charge in [0.25, 0.3) is 11.8 Å². The molecule has 0 saturated heterocycles. The number of amides is 2. The third kappa shape index (κ3) is 4.31. The molecule has 6 rings (SSSR count). The van der Waals surface area contributed by atoms with Crippen molar-refractivity contribution in [3.05, 3.63) is 98.5 Å².